The first kappa shape index (κ1) is 25.9. The molecular weight excluding hydrogens is 452 g/mol. The summed E-state index contributed by atoms with van der Waals surface area (Å²) in [7, 11) is 0. The Hall–Kier alpha value is -3.33. The van der Waals surface area contributed by atoms with Gasteiger partial charge in [0.15, 0.2) is 6.61 Å². The van der Waals surface area contributed by atoms with Crippen LogP contribution in [0.15, 0.2) is 40.7 Å². The molecule has 0 saturated heterocycles. The minimum absolute atomic E-state index is 0.0640. The number of allylic oxidation sites excluding steroid dienone is 2. The van der Waals surface area contributed by atoms with Crippen LogP contribution in [0.3, 0.4) is 0 Å². The van der Waals surface area contributed by atoms with Crippen molar-refractivity contribution in [2.45, 2.75) is 34.6 Å². The van der Waals surface area contributed by atoms with Crippen molar-refractivity contribution in [3.8, 4) is 0 Å². The van der Waals surface area contributed by atoms with Gasteiger partial charge in [-0.1, -0.05) is 17.7 Å². The first-order valence-electron chi connectivity index (χ1n) is 10.4. The van der Waals surface area contributed by atoms with E-state index in [2.05, 4.69) is 10.6 Å². The maximum Gasteiger partial charge on any atom is 0.337 e. The lowest BCUT2D eigenvalue weighted by Crippen LogP contribution is -2.39. The normalized spacial score (nSPS) is 13.9. The lowest BCUT2D eigenvalue weighted by molar-refractivity contribution is -0.153. The molecule has 1 amide bonds. The predicted molar refractivity (Wildman–Crippen MR) is 121 cm³/mol. The second-order valence-corrected chi connectivity index (χ2v) is 7.62. The number of esters is 3. The Morgan fingerprint density at radius 2 is 1.48 bits per heavy atom. The quantitative estimate of drug-likeness (QED) is 0.432. The Bertz CT molecular complexity index is 990. The summed E-state index contributed by atoms with van der Waals surface area (Å²) in [6.07, 6.45) is 0. The van der Waals surface area contributed by atoms with E-state index in [0.29, 0.717) is 22.1 Å². The van der Waals surface area contributed by atoms with Gasteiger partial charge < -0.3 is 24.8 Å². The monoisotopic (exact) mass is 478 g/mol. The maximum absolute atomic E-state index is 13.1. The summed E-state index contributed by atoms with van der Waals surface area (Å²) < 4.78 is 15.3. The highest BCUT2D eigenvalue weighted by Gasteiger charge is 2.42. The first-order chi connectivity index (χ1) is 15.6. The SMILES string of the molecule is CCOC(=O)C1=C(C)NC(C)=C(C(=O)OCC)C1C(=O)OCC(=O)Nc1ccc(C)cc1Cl. The van der Waals surface area contributed by atoms with Crippen LogP contribution in [0.5, 0.6) is 0 Å². The van der Waals surface area contributed by atoms with E-state index in [4.69, 9.17) is 25.8 Å². The Kier molecular flexibility index (Phi) is 9.04. The van der Waals surface area contributed by atoms with Crippen LogP contribution in [-0.4, -0.2) is 43.6 Å². The molecular formula is C23H27ClN2O7. The van der Waals surface area contributed by atoms with Gasteiger partial charge in [0.05, 0.1) is 35.1 Å². The Balaban J connectivity index is 2.26. The van der Waals surface area contributed by atoms with Crippen molar-refractivity contribution in [1.29, 1.82) is 0 Å². The highest BCUT2D eigenvalue weighted by atomic mass is 35.5. The molecule has 0 fully saturated rings. The molecule has 33 heavy (non-hydrogen) atoms. The van der Waals surface area contributed by atoms with Gasteiger partial charge in [-0.3, -0.25) is 9.59 Å². The van der Waals surface area contributed by atoms with E-state index in [1.165, 1.54) is 0 Å². The van der Waals surface area contributed by atoms with Crippen LogP contribution in [0.1, 0.15) is 33.3 Å². The maximum atomic E-state index is 13.1. The average molecular weight is 479 g/mol. The lowest BCUT2D eigenvalue weighted by Gasteiger charge is -2.28. The zero-order chi connectivity index (χ0) is 24.7. The van der Waals surface area contributed by atoms with Gasteiger partial charge in [0.2, 0.25) is 0 Å². The summed E-state index contributed by atoms with van der Waals surface area (Å²) in [6.45, 7) is 7.70. The minimum atomic E-state index is -1.42. The molecule has 0 spiro atoms. The summed E-state index contributed by atoms with van der Waals surface area (Å²) in [5.41, 5.74) is 1.76. The number of hydrogen-bond acceptors (Lipinski definition) is 8. The number of carbonyl (C=O) groups excluding carboxylic acids is 4. The molecule has 178 valence electrons. The van der Waals surface area contributed by atoms with Crippen molar-refractivity contribution in [2.75, 3.05) is 25.1 Å². The van der Waals surface area contributed by atoms with Crippen molar-refractivity contribution < 1.29 is 33.4 Å². The van der Waals surface area contributed by atoms with Crippen molar-refractivity contribution in [3.05, 3.63) is 51.3 Å². The number of amides is 1. The van der Waals surface area contributed by atoms with Crippen molar-refractivity contribution >= 4 is 41.1 Å². The van der Waals surface area contributed by atoms with E-state index < -0.39 is 36.3 Å². The van der Waals surface area contributed by atoms with Gasteiger partial charge in [0.1, 0.15) is 5.92 Å². The number of ether oxygens (including phenoxy) is 3. The second kappa shape index (κ2) is 11.5. The van der Waals surface area contributed by atoms with Crippen LogP contribution in [0, 0.1) is 12.8 Å². The number of anilines is 1. The average Bonchev–Trinajstić information content (AvgIpc) is 2.73. The Morgan fingerprint density at radius 3 is 1.97 bits per heavy atom. The number of benzene rings is 1. The Labute approximate surface area is 197 Å². The van der Waals surface area contributed by atoms with Gasteiger partial charge in [-0.25, -0.2) is 9.59 Å². The predicted octanol–water partition coefficient (Wildman–Crippen LogP) is 3.02. The molecule has 1 aliphatic rings. The van der Waals surface area contributed by atoms with Crippen molar-refractivity contribution in [2.24, 2.45) is 5.92 Å². The van der Waals surface area contributed by atoms with E-state index in [9.17, 15) is 19.2 Å². The van der Waals surface area contributed by atoms with Gasteiger partial charge in [0, 0.05) is 11.4 Å². The molecule has 0 atom stereocenters. The van der Waals surface area contributed by atoms with Gasteiger partial charge >= 0.3 is 17.9 Å². The molecule has 1 aliphatic heterocycles. The third-order valence-corrected chi connectivity index (χ3v) is 5.04. The first-order valence-corrected chi connectivity index (χ1v) is 10.7. The molecule has 2 rings (SSSR count). The third-order valence-electron chi connectivity index (χ3n) is 4.73. The third kappa shape index (κ3) is 6.35. The molecule has 0 bridgehead atoms. The zero-order valence-corrected chi connectivity index (χ0v) is 19.9. The highest BCUT2D eigenvalue weighted by Crippen LogP contribution is 2.32. The van der Waals surface area contributed by atoms with E-state index in [0.717, 1.165) is 5.56 Å². The highest BCUT2D eigenvalue weighted by molar-refractivity contribution is 6.33. The fourth-order valence-electron chi connectivity index (χ4n) is 3.32. The van der Waals surface area contributed by atoms with Crippen LogP contribution in [-0.2, 0) is 33.4 Å². The number of halogens is 1. The fourth-order valence-corrected chi connectivity index (χ4v) is 3.60. The van der Waals surface area contributed by atoms with Crippen LogP contribution in [0.4, 0.5) is 5.69 Å². The summed E-state index contributed by atoms with van der Waals surface area (Å²) in [5.74, 6) is -4.59. The second-order valence-electron chi connectivity index (χ2n) is 7.22. The van der Waals surface area contributed by atoms with Crippen LogP contribution in [0.25, 0.3) is 0 Å². The molecule has 0 unspecified atom stereocenters. The molecule has 0 saturated carbocycles. The molecule has 0 radical (unpaired) electrons. The molecule has 1 aromatic carbocycles. The van der Waals surface area contributed by atoms with E-state index in [1.54, 1.807) is 45.9 Å². The molecule has 1 heterocycles. The molecule has 0 aromatic heterocycles. The lowest BCUT2D eigenvalue weighted by atomic mass is 9.85. The van der Waals surface area contributed by atoms with Gasteiger partial charge in [-0.05, 0) is 52.3 Å². The molecule has 9 nitrogen and oxygen atoms in total. The smallest absolute Gasteiger partial charge is 0.337 e. The number of aryl methyl sites for hydroxylation is 1. The fraction of sp³-hybridized carbons (Fsp3) is 0.391. The summed E-state index contributed by atoms with van der Waals surface area (Å²) >= 11 is 6.11. The molecule has 0 aliphatic carbocycles. The standard InChI is InChI=1S/C23H27ClN2O7/c1-6-31-21(28)18-13(4)25-14(5)19(22(29)32-7-2)20(18)23(30)33-11-17(27)26-16-9-8-12(3)10-15(16)24/h8-10,20,25H,6-7,11H2,1-5H3,(H,26,27). The van der Waals surface area contributed by atoms with Gasteiger partial charge in [0.25, 0.3) is 5.91 Å². The van der Waals surface area contributed by atoms with E-state index in [-0.39, 0.29) is 24.4 Å². The number of dihydropyridines is 1. The van der Waals surface area contributed by atoms with E-state index in [1.807, 2.05) is 6.92 Å². The van der Waals surface area contributed by atoms with Crippen molar-refractivity contribution in [1.82, 2.24) is 5.32 Å². The van der Waals surface area contributed by atoms with Gasteiger partial charge in [-0.2, -0.15) is 0 Å². The number of carbonyl (C=O) groups is 4. The van der Waals surface area contributed by atoms with Gasteiger partial charge in [-0.15, -0.1) is 0 Å². The summed E-state index contributed by atoms with van der Waals surface area (Å²) in [4.78, 5) is 50.6. The van der Waals surface area contributed by atoms with Crippen LogP contribution in [0.2, 0.25) is 5.02 Å². The van der Waals surface area contributed by atoms with E-state index >= 15 is 0 Å². The number of nitrogens with one attached hydrogen (secondary N) is 2. The topological polar surface area (TPSA) is 120 Å². The largest absolute Gasteiger partial charge is 0.463 e. The summed E-state index contributed by atoms with van der Waals surface area (Å²) in [5, 5.41) is 5.79. The Morgan fingerprint density at radius 1 is 0.939 bits per heavy atom. The van der Waals surface area contributed by atoms with Crippen molar-refractivity contribution in [3.63, 3.8) is 0 Å². The number of hydrogen-bond donors (Lipinski definition) is 2. The zero-order valence-electron chi connectivity index (χ0n) is 19.2. The minimum Gasteiger partial charge on any atom is -0.463 e. The van der Waals surface area contributed by atoms with Crippen LogP contribution < -0.4 is 10.6 Å². The number of rotatable bonds is 8. The summed E-state index contributed by atoms with van der Waals surface area (Å²) in [6, 6.07) is 5.07. The molecule has 1 aromatic rings. The van der Waals surface area contributed by atoms with Crippen LogP contribution >= 0.6 is 11.6 Å². The molecule has 2 N–H and O–H groups in total. The molecule has 10 heteroatoms.